The predicted molar refractivity (Wildman–Crippen MR) is 64.6 cm³/mol. The fraction of sp³-hybridized carbons (Fsp3) is 0.273. The second-order valence-corrected chi connectivity index (χ2v) is 4.14. The van der Waals surface area contributed by atoms with Crippen LogP contribution in [0.3, 0.4) is 0 Å². The molecule has 0 fully saturated rings. The summed E-state index contributed by atoms with van der Waals surface area (Å²) >= 11 is 2.13. The van der Waals surface area contributed by atoms with Gasteiger partial charge in [0.2, 0.25) is 0 Å². The zero-order valence-corrected chi connectivity index (χ0v) is 10.7. The van der Waals surface area contributed by atoms with Crippen molar-refractivity contribution in [2.75, 3.05) is 6.61 Å². The van der Waals surface area contributed by atoms with Gasteiger partial charge in [-0.05, 0) is 54.1 Å². The van der Waals surface area contributed by atoms with Crippen molar-refractivity contribution in [3.63, 3.8) is 0 Å². The lowest BCUT2D eigenvalue weighted by atomic mass is 10.1. The van der Waals surface area contributed by atoms with Crippen LogP contribution in [-0.2, 0) is 4.74 Å². The number of carbonyl (C=O) groups excluding carboxylic acids is 1. The van der Waals surface area contributed by atoms with Crippen molar-refractivity contribution in [1.82, 2.24) is 0 Å². The van der Waals surface area contributed by atoms with Crippen LogP contribution in [0.5, 0.6) is 0 Å². The molecule has 0 radical (unpaired) electrons. The smallest absolute Gasteiger partial charge is 0.339 e. The summed E-state index contributed by atoms with van der Waals surface area (Å²) in [7, 11) is 0. The largest absolute Gasteiger partial charge is 0.462 e. The van der Waals surface area contributed by atoms with E-state index < -0.39 is 5.97 Å². The Bertz CT molecular complexity index is 435. The van der Waals surface area contributed by atoms with Gasteiger partial charge in [0.25, 0.3) is 0 Å². The van der Waals surface area contributed by atoms with E-state index in [0.717, 1.165) is 9.13 Å². The monoisotopic (exact) mass is 315 g/mol. The average molecular weight is 315 g/mol. The maximum Gasteiger partial charge on any atom is 0.339 e. The second kappa shape index (κ2) is 5.12. The van der Waals surface area contributed by atoms with Crippen molar-refractivity contribution >= 4 is 28.6 Å². The van der Waals surface area contributed by atoms with Gasteiger partial charge in [0, 0.05) is 3.57 Å². The predicted octanol–water partition coefficient (Wildman–Crippen LogP) is 2.65. The molecule has 0 aromatic heterocycles. The summed E-state index contributed by atoms with van der Waals surface area (Å²) in [6.45, 7) is 3.95. The summed E-state index contributed by atoms with van der Waals surface area (Å²) in [5.74, 6) is -0.437. The molecular formula is C11H10INO2. The van der Waals surface area contributed by atoms with Gasteiger partial charge in [-0.25, -0.2) is 4.79 Å². The molecule has 0 atom stereocenters. The lowest BCUT2D eigenvalue weighted by molar-refractivity contribution is 0.0526. The van der Waals surface area contributed by atoms with Crippen molar-refractivity contribution in [2.24, 2.45) is 0 Å². The molecule has 3 nitrogen and oxygen atoms in total. The summed E-state index contributed by atoms with van der Waals surface area (Å²) in [5.41, 5.74) is 1.68. The minimum absolute atomic E-state index is 0.314. The Kier molecular flexibility index (Phi) is 4.09. The van der Waals surface area contributed by atoms with E-state index in [1.165, 1.54) is 0 Å². The van der Waals surface area contributed by atoms with E-state index in [1.807, 2.05) is 13.0 Å². The first-order valence-electron chi connectivity index (χ1n) is 4.47. The van der Waals surface area contributed by atoms with Crippen LogP contribution in [0, 0.1) is 21.8 Å². The van der Waals surface area contributed by atoms with E-state index in [2.05, 4.69) is 22.6 Å². The Balaban J connectivity index is 3.23. The van der Waals surface area contributed by atoms with Crippen molar-refractivity contribution < 1.29 is 9.53 Å². The molecule has 0 saturated heterocycles. The number of nitriles is 1. The highest BCUT2D eigenvalue weighted by molar-refractivity contribution is 14.1. The molecule has 0 aliphatic rings. The van der Waals surface area contributed by atoms with Gasteiger partial charge in [-0.15, -0.1) is 0 Å². The van der Waals surface area contributed by atoms with Crippen molar-refractivity contribution in [3.8, 4) is 6.07 Å². The molecule has 4 heteroatoms. The molecule has 0 amide bonds. The number of halogens is 1. The lowest BCUT2D eigenvalue weighted by Gasteiger charge is -2.06. The van der Waals surface area contributed by atoms with Crippen molar-refractivity contribution in [3.05, 3.63) is 32.4 Å². The third-order valence-electron chi connectivity index (χ3n) is 1.91. The molecule has 0 N–H and O–H groups in total. The van der Waals surface area contributed by atoms with Gasteiger partial charge < -0.3 is 4.74 Å². The second-order valence-electron chi connectivity index (χ2n) is 2.98. The summed E-state index contributed by atoms with van der Waals surface area (Å²) in [4.78, 5) is 11.5. The molecule has 0 spiro atoms. The molecule has 0 heterocycles. The minimum Gasteiger partial charge on any atom is -0.462 e. The van der Waals surface area contributed by atoms with Crippen LogP contribution < -0.4 is 0 Å². The van der Waals surface area contributed by atoms with Crippen LogP contribution in [0.1, 0.15) is 28.4 Å². The Labute approximate surface area is 102 Å². The lowest BCUT2D eigenvalue weighted by Crippen LogP contribution is -2.07. The topological polar surface area (TPSA) is 50.1 Å². The van der Waals surface area contributed by atoms with Crippen molar-refractivity contribution in [1.29, 1.82) is 5.26 Å². The number of esters is 1. The first-order valence-corrected chi connectivity index (χ1v) is 5.55. The van der Waals surface area contributed by atoms with Gasteiger partial charge in [-0.2, -0.15) is 5.26 Å². The molecule has 1 rings (SSSR count). The highest BCUT2D eigenvalue weighted by Crippen LogP contribution is 2.18. The number of hydrogen-bond acceptors (Lipinski definition) is 3. The van der Waals surface area contributed by atoms with Gasteiger partial charge in [-0.1, -0.05) is 0 Å². The molecule has 0 aliphatic heterocycles. The van der Waals surface area contributed by atoms with Gasteiger partial charge in [0.15, 0.2) is 0 Å². The quantitative estimate of drug-likeness (QED) is 0.623. The van der Waals surface area contributed by atoms with E-state index in [9.17, 15) is 4.79 Å². The van der Waals surface area contributed by atoms with Crippen LogP contribution in [-0.4, -0.2) is 12.6 Å². The number of ether oxygens (including phenoxy) is 1. The SMILES string of the molecule is CCOC(=O)c1cc(C)c(I)cc1C#N. The third kappa shape index (κ3) is 2.69. The summed E-state index contributed by atoms with van der Waals surface area (Å²) in [6.07, 6.45) is 0. The number of aryl methyl sites for hydroxylation is 1. The zero-order chi connectivity index (χ0) is 11.4. The minimum atomic E-state index is -0.437. The molecular weight excluding hydrogens is 305 g/mol. The first kappa shape index (κ1) is 12.0. The zero-order valence-electron chi connectivity index (χ0n) is 8.50. The fourth-order valence-electron chi connectivity index (χ4n) is 1.15. The molecule has 0 bridgehead atoms. The molecule has 15 heavy (non-hydrogen) atoms. The number of benzene rings is 1. The van der Waals surface area contributed by atoms with E-state index in [-0.39, 0.29) is 0 Å². The highest BCUT2D eigenvalue weighted by atomic mass is 127. The number of rotatable bonds is 2. The van der Waals surface area contributed by atoms with Crippen LogP contribution in [0.4, 0.5) is 0 Å². The third-order valence-corrected chi connectivity index (χ3v) is 3.08. The first-order chi connectivity index (χ1) is 7.10. The number of hydrogen-bond donors (Lipinski definition) is 0. The maximum atomic E-state index is 11.5. The van der Waals surface area contributed by atoms with E-state index in [4.69, 9.17) is 10.00 Å². The van der Waals surface area contributed by atoms with Crippen LogP contribution >= 0.6 is 22.6 Å². The number of nitrogens with zero attached hydrogens (tertiary/aromatic N) is 1. The Morgan fingerprint density at radius 1 is 1.60 bits per heavy atom. The van der Waals surface area contributed by atoms with Gasteiger partial charge in [-0.3, -0.25) is 0 Å². The van der Waals surface area contributed by atoms with Crippen LogP contribution in [0.15, 0.2) is 12.1 Å². The summed E-state index contributed by atoms with van der Waals surface area (Å²) in [6, 6.07) is 5.39. The molecule has 1 aromatic carbocycles. The standard InChI is InChI=1S/C11H10INO2/c1-3-15-11(14)9-4-7(2)10(12)5-8(9)6-13/h4-5H,3H2,1-2H3. The Morgan fingerprint density at radius 2 is 2.27 bits per heavy atom. The molecule has 78 valence electrons. The van der Waals surface area contributed by atoms with Crippen LogP contribution in [0.2, 0.25) is 0 Å². The molecule has 0 aliphatic carbocycles. The van der Waals surface area contributed by atoms with E-state index in [0.29, 0.717) is 17.7 Å². The highest BCUT2D eigenvalue weighted by Gasteiger charge is 2.14. The Hall–Kier alpha value is -1.09. The molecule has 0 unspecified atom stereocenters. The molecule has 0 saturated carbocycles. The average Bonchev–Trinajstić information content (AvgIpc) is 2.21. The maximum absolute atomic E-state index is 11.5. The van der Waals surface area contributed by atoms with E-state index in [1.54, 1.807) is 19.1 Å². The fourth-order valence-corrected chi connectivity index (χ4v) is 1.62. The molecule has 1 aromatic rings. The normalized spacial score (nSPS) is 9.47. The summed E-state index contributed by atoms with van der Waals surface area (Å²) < 4.78 is 5.84. The summed E-state index contributed by atoms with van der Waals surface area (Å²) in [5, 5.41) is 8.89. The van der Waals surface area contributed by atoms with Crippen LogP contribution in [0.25, 0.3) is 0 Å². The van der Waals surface area contributed by atoms with E-state index >= 15 is 0 Å². The van der Waals surface area contributed by atoms with Gasteiger partial charge >= 0.3 is 5.97 Å². The van der Waals surface area contributed by atoms with Gasteiger partial charge in [0.05, 0.1) is 17.7 Å². The number of carbonyl (C=O) groups is 1. The van der Waals surface area contributed by atoms with Gasteiger partial charge in [0.1, 0.15) is 6.07 Å². The Morgan fingerprint density at radius 3 is 2.80 bits per heavy atom. The van der Waals surface area contributed by atoms with Crippen molar-refractivity contribution in [2.45, 2.75) is 13.8 Å².